The Labute approximate surface area is 57.9 Å². The van der Waals surface area contributed by atoms with E-state index < -0.39 is 16.3 Å². The van der Waals surface area contributed by atoms with Crippen LogP contribution < -0.4 is 0 Å². The van der Waals surface area contributed by atoms with E-state index in [1.54, 1.807) is 0 Å². The Bertz CT molecular complexity index is 146. The Morgan fingerprint density at radius 1 is 1.67 bits per heavy atom. The fourth-order valence-electron chi connectivity index (χ4n) is 0.483. The minimum atomic E-state index is -1.87. The summed E-state index contributed by atoms with van der Waals surface area (Å²) in [4.78, 5) is 0. The predicted octanol–water partition coefficient (Wildman–Crippen LogP) is 0.866. The lowest BCUT2D eigenvalue weighted by Gasteiger charge is -2.07. The molecule has 0 aliphatic rings. The van der Waals surface area contributed by atoms with E-state index in [0.29, 0.717) is 0 Å². The molecule has 0 aliphatic heterocycles. The summed E-state index contributed by atoms with van der Waals surface area (Å²) in [5.74, 6) is 2.32. The largest absolute Gasteiger partial charge is 0.305 e. The molecule has 1 N–H and O–H groups in total. The van der Waals surface area contributed by atoms with E-state index in [4.69, 9.17) is 11.0 Å². The van der Waals surface area contributed by atoms with Crippen LogP contribution in [0, 0.1) is 18.3 Å². The summed E-state index contributed by atoms with van der Waals surface area (Å²) in [6.45, 7) is 3.64. The molecular weight excluding hydrogens is 136 g/mol. The smallest absolute Gasteiger partial charge is 0.168 e. The van der Waals surface area contributed by atoms with Crippen LogP contribution in [-0.4, -0.2) is 14.0 Å². The molecule has 0 aliphatic carbocycles. The van der Waals surface area contributed by atoms with Gasteiger partial charge in [-0.05, 0) is 5.92 Å². The van der Waals surface area contributed by atoms with Crippen LogP contribution >= 0.6 is 0 Å². The maximum Gasteiger partial charge on any atom is 0.168 e. The van der Waals surface area contributed by atoms with E-state index >= 15 is 0 Å². The first kappa shape index (κ1) is 8.67. The molecule has 0 aromatic carbocycles. The Morgan fingerprint density at radius 3 is 2.11 bits per heavy atom. The molecule has 9 heavy (non-hydrogen) atoms. The van der Waals surface area contributed by atoms with Gasteiger partial charge in [0.05, 0.1) is 0 Å². The summed E-state index contributed by atoms with van der Waals surface area (Å²) in [6.07, 6.45) is 4.97. The van der Waals surface area contributed by atoms with Gasteiger partial charge in [-0.1, -0.05) is 19.8 Å². The van der Waals surface area contributed by atoms with Gasteiger partial charge in [0.15, 0.2) is 11.1 Å². The van der Waals surface area contributed by atoms with Gasteiger partial charge in [0.1, 0.15) is 5.25 Å². The molecule has 3 heteroatoms. The summed E-state index contributed by atoms with van der Waals surface area (Å²) in [5.41, 5.74) is 0. The zero-order valence-electron chi connectivity index (χ0n) is 5.50. The zero-order valence-corrected chi connectivity index (χ0v) is 6.31. The van der Waals surface area contributed by atoms with E-state index in [9.17, 15) is 4.21 Å². The maximum atomic E-state index is 10.3. The lowest BCUT2D eigenvalue weighted by atomic mass is 10.1. The third-order valence-corrected chi connectivity index (χ3v) is 2.10. The molecule has 0 radical (unpaired) electrons. The van der Waals surface area contributed by atoms with Crippen LogP contribution in [0.5, 0.6) is 0 Å². The summed E-state index contributed by atoms with van der Waals surface area (Å²) < 4.78 is 18.9. The van der Waals surface area contributed by atoms with Gasteiger partial charge in [-0.25, -0.2) is 4.21 Å². The third-order valence-electron chi connectivity index (χ3n) is 0.987. The van der Waals surface area contributed by atoms with Crippen molar-refractivity contribution in [3.05, 3.63) is 0 Å². The molecule has 0 fully saturated rings. The van der Waals surface area contributed by atoms with Gasteiger partial charge >= 0.3 is 0 Å². The Kier molecular flexibility index (Phi) is 3.52. The minimum absolute atomic E-state index is 0.0702. The van der Waals surface area contributed by atoms with Crippen molar-refractivity contribution in [1.82, 2.24) is 0 Å². The first-order valence-corrected chi connectivity index (χ1v) is 3.82. The number of hydrogen-bond donors (Lipinski definition) is 1. The van der Waals surface area contributed by atoms with Crippen LogP contribution in [0.3, 0.4) is 0 Å². The van der Waals surface area contributed by atoms with Crippen LogP contribution in [0.1, 0.15) is 13.8 Å². The summed E-state index contributed by atoms with van der Waals surface area (Å²) in [6, 6.07) is 0. The molecule has 0 spiro atoms. The van der Waals surface area contributed by atoms with E-state index in [2.05, 4.69) is 5.92 Å². The monoisotopic (exact) mass is 146 g/mol. The third kappa shape index (κ3) is 2.64. The SMILES string of the molecule is C#CC(C(C)C)S(=O)O. The highest BCUT2D eigenvalue weighted by atomic mass is 32.2. The molecule has 2 unspecified atom stereocenters. The molecular formula is C6H10O2S. The molecule has 0 aromatic heterocycles. The maximum absolute atomic E-state index is 10.3. The average Bonchev–Trinajstić information content (AvgIpc) is 1.64. The van der Waals surface area contributed by atoms with Crippen molar-refractivity contribution in [3.63, 3.8) is 0 Å². The highest BCUT2D eigenvalue weighted by molar-refractivity contribution is 7.80. The molecule has 0 amide bonds. The van der Waals surface area contributed by atoms with Crippen molar-refractivity contribution in [1.29, 1.82) is 0 Å². The number of terminal acetylenes is 1. The van der Waals surface area contributed by atoms with Crippen molar-refractivity contribution < 1.29 is 8.76 Å². The predicted molar refractivity (Wildman–Crippen MR) is 38.2 cm³/mol. The van der Waals surface area contributed by atoms with Crippen LogP contribution in [0.2, 0.25) is 0 Å². The summed E-state index contributed by atoms with van der Waals surface area (Å²) in [5, 5.41) is -0.523. The van der Waals surface area contributed by atoms with Gasteiger partial charge in [-0.2, -0.15) is 0 Å². The lowest BCUT2D eigenvalue weighted by Crippen LogP contribution is -2.18. The molecule has 0 saturated carbocycles. The number of hydrogen-bond acceptors (Lipinski definition) is 1. The van der Waals surface area contributed by atoms with Crippen LogP contribution in [-0.2, 0) is 11.1 Å². The fraction of sp³-hybridized carbons (Fsp3) is 0.667. The lowest BCUT2D eigenvalue weighted by molar-refractivity contribution is 0.536. The van der Waals surface area contributed by atoms with Crippen LogP contribution in [0.15, 0.2) is 0 Å². The second kappa shape index (κ2) is 3.65. The molecule has 0 rings (SSSR count). The van der Waals surface area contributed by atoms with Crippen molar-refractivity contribution in [3.8, 4) is 12.3 Å². The van der Waals surface area contributed by atoms with Crippen molar-refractivity contribution >= 4 is 11.1 Å². The second-order valence-corrected chi connectivity index (χ2v) is 3.17. The summed E-state index contributed by atoms with van der Waals surface area (Å²) in [7, 11) is 0. The van der Waals surface area contributed by atoms with Gasteiger partial charge in [-0.15, -0.1) is 6.42 Å². The molecule has 0 saturated heterocycles. The normalized spacial score (nSPS) is 16.8. The highest BCUT2D eigenvalue weighted by Crippen LogP contribution is 2.05. The van der Waals surface area contributed by atoms with Gasteiger partial charge in [-0.3, -0.25) is 0 Å². The molecule has 2 atom stereocenters. The van der Waals surface area contributed by atoms with Gasteiger partial charge < -0.3 is 4.55 Å². The highest BCUT2D eigenvalue weighted by Gasteiger charge is 2.14. The van der Waals surface area contributed by atoms with Crippen LogP contribution in [0.25, 0.3) is 0 Å². The van der Waals surface area contributed by atoms with Gasteiger partial charge in [0.2, 0.25) is 0 Å². The van der Waals surface area contributed by atoms with Gasteiger partial charge in [0, 0.05) is 0 Å². The Morgan fingerprint density at radius 2 is 2.11 bits per heavy atom. The first-order chi connectivity index (χ1) is 4.09. The molecule has 2 nitrogen and oxygen atoms in total. The van der Waals surface area contributed by atoms with Gasteiger partial charge in [0.25, 0.3) is 0 Å². The summed E-state index contributed by atoms with van der Waals surface area (Å²) >= 11 is -1.87. The Hall–Kier alpha value is -0.330. The fourth-order valence-corrected chi connectivity index (χ4v) is 1.07. The molecule has 0 aromatic rings. The van der Waals surface area contributed by atoms with Crippen molar-refractivity contribution in [2.24, 2.45) is 5.92 Å². The standard InChI is InChI=1S/C6H10O2S/c1-4-6(5(2)3)9(7)8/h1,5-6H,2-3H3,(H,7,8). The van der Waals surface area contributed by atoms with E-state index in [1.165, 1.54) is 0 Å². The first-order valence-electron chi connectivity index (χ1n) is 2.65. The van der Waals surface area contributed by atoms with Crippen molar-refractivity contribution in [2.75, 3.05) is 0 Å². The zero-order chi connectivity index (χ0) is 7.44. The van der Waals surface area contributed by atoms with Crippen LogP contribution in [0.4, 0.5) is 0 Å². The minimum Gasteiger partial charge on any atom is -0.305 e. The second-order valence-electron chi connectivity index (χ2n) is 2.11. The molecule has 0 bridgehead atoms. The molecule has 52 valence electrons. The van der Waals surface area contributed by atoms with E-state index in [-0.39, 0.29) is 5.92 Å². The topological polar surface area (TPSA) is 37.3 Å². The average molecular weight is 146 g/mol. The van der Waals surface area contributed by atoms with E-state index in [1.807, 2.05) is 13.8 Å². The number of rotatable bonds is 2. The quantitative estimate of drug-likeness (QED) is 0.463. The molecule has 0 heterocycles. The Balaban J connectivity index is 4.04. The van der Waals surface area contributed by atoms with E-state index in [0.717, 1.165) is 0 Å². The van der Waals surface area contributed by atoms with Crippen molar-refractivity contribution in [2.45, 2.75) is 19.1 Å².